The van der Waals surface area contributed by atoms with E-state index < -0.39 is 12.0 Å². The minimum Gasteiger partial charge on any atom is -0.493 e. The molecule has 1 atom stereocenters. The fourth-order valence-electron chi connectivity index (χ4n) is 2.21. The van der Waals surface area contributed by atoms with Crippen molar-refractivity contribution in [1.29, 1.82) is 0 Å². The summed E-state index contributed by atoms with van der Waals surface area (Å²) in [6, 6.07) is 4.78. The molecule has 3 N–H and O–H groups in total. The zero-order chi connectivity index (χ0) is 17.1. The van der Waals surface area contributed by atoms with Crippen LogP contribution in [-0.2, 0) is 9.53 Å². The molecule has 0 fully saturated rings. The standard InChI is InChI=1S/C14H15IN4O3S/c1-3-22-13(21)7(2)19-10-5-4-8(15)6-9(10)11(12(19)20)17-18-14(16)23/h4-7,20H,3H2,1-2H3,(H2,16,23). The molecule has 1 unspecified atom stereocenters. The molecule has 1 aromatic heterocycles. The summed E-state index contributed by atoms with van der Waals surface area (Å²) in [4.78, 5) is 12.0. The number of hydrogen-bond acceptors (Lipinski definition) is 5. The summed E-state index contributed by atoms with van der Waals surface area (Å²) in [6.45, 7) is 3.63. The van der Waals surface area contributed by atoms with E-state index >= 15 is 0 Å². The second kappa shape index (κ2) is 7.21. The maximum Gasteiger partial charge on any atom is 0.328 e. The fraction of sp³-hybridized carbons (Fsp3) is 0.286. The maximum atomic E-state index is 12.0. The molecule has 9 heteroatoms. The molecule has 0 spiro atoms. The van der Waals surface area contributed by atoms with Crippen molar-refractivity contribution in [2.45, 2.75) is 19.9 Å². The van der Waals surface area contributed by atoms with Crippen molar-refractivity contribution in [3.63, 3.8) is 0 Å². The van der Waals surface area contributed by atoms with Gasteiger partial charge in [-0.3, -0.25) is 4.57 Å². The third kappa shape index (κ3) is 3.61. The number of ether oxygens (including phenoxy) is 1. The maximum absolute atomic E-state index is 12.0. The average molecular weight is 446 g/mol. The van der Waals surface area contributed by atoms with Gasteiger partial charge in [-0.25, -0.2) is 4.79 Å². The molecule has 0 aliphatic carbocycles. The highest BCUT2D eigenvalue weighted by Gasteiger charge is 2.25. The van der Waals surface area contributed by atoms with Gasteiger partial charge in [0.05, 0.1) is 12.1 Å². The zero-order valence-corrected chi connectivity index (χ0v) is 15.5. The minimum absolute atomic E-state index is 0.144. The molecule has 2 aromatic rings. The summed E-state index contributed by atoms with van der Waals surface area (Å²) in [5, 5.41) is 18.6. The number of halogens is 1. The Bertz CT molecular complexity index is 803. The van der Waals surface area contributed by atoms with Gasteiger partial charge in [-0.2, -0.15) is 0 Å². The van der Waals surface area contributed by atoms with E-state index in [0.29, 0.717) is 10.9 Å². The number of thiocarbonyl (C=S) groups is 1. The van der Waals surface area contributed by atoms with Gasteiger partial charge in [0.1, 0.15) is 6.04 Å². The zero-order valence-electron chi connectivity index (χ0n) is 12.5. The molecule has 0 bridgehead atoms. The van der Waals surface area contributed by atoms with Crippen LogP contribution in [0.4, 0.5) is 5.69 Å². The van der Waals surface area contributed by atoms with Crippen molar-refractivity contribution >= 4 is 62.5 Å². The quantitative estimate of drug-likeness (QED) is 0.325. The molecule has 1 aromatic carbocycles. The summed E-state index contributed by atoms with van der Waals surface area (Å²) in [5.74, 6) is -0.640. The van der Waals surface area contributed by atoms with Gasteiger partial charge >= 0.3 is 5.97 Å². The normalized spacial score (nSPS) is 12.7. The minimum atomic E-state index is -0.716. The third-order valence-electron chi connectivity index (χ3n) is 3.18. The van der Waals surface area contributed by atoms with Gasteiger partial charge in [-0.1, -0.05) is 0 Å². The molecule has 0 aliphatic rings. The second-order valence-corrected chi connectivity index (χ2v) is 6.33. The lowest BCUT2D eigenvalue weighted by molar-refractivity contribution is -0.146. The number of nitrogens with zero attached hydrogens (tertiary/aromatic N) is 3. The predicted octanol–water partition coefficient (Wildman–Crippen LogP) is 3.40. The van der Waals surface area contributed by atoms with Crippen LogP contribution >= 0.6 is 34.8 Å². The van der Waals surface area contributed by atoms with Gasteiger partial charge in [0.2, 0.25) is 11.0 Å². The lowest BCUT2D eigenvalue weighted by Gasteiger charge is -2.14. The van der Waals surface area contributed by atoms with Crippen LogP contribution in [0.1, 0.15) is 19.9 Å². The van der Waals surface area contributed by atoms with E-state index in [0.717, 1.165) is 3.57 Å². The molecule has 7 nitrogen and oxygen atoms in total. The Labute approximate surface area is 151 Å². The number of azo groups is 1. The van der Waals surface area contributed by atoms with E-state index in [2.05, 4.69) is 45.0 Å². The number of carbonyl (C=O) groups is 1. The Balaban J connectivity index is 2.68. The highest BCUT2D eigenvalue weighted by Crippen LogP contribution is 2.41. The van der Waals surface area contributed by atoms with Gasteiger partial charge in [0.25, 0.3) is 0 Å². The first-order valence-electron chi connectivity index (χ1n) is 6.77. The van der Waals surface area contributed by atoms with Crippen LogP contribution in [-0.4, -0.2) is 27.4 Å². The van der Waals surface area contributed by atoms with Crippen LogP contribution < -0.4 is 5.73 Å². The Morgan fingerprint density at radius 3 is 2.87 bits per heavy atom. The van der Waals surface area contributed by atoms with Crippen molar-refractivity contribution in [3.8, 4) is 5.88 Å². The van der Waals surface area contributed by atoms with Crippen LogP contribution in [0, 0.1) is 3.57 Å². The molecule has 1 heterocycles. The van der Waals surface area contributed by atoms with Crippen molar-refractivity contribution in [3.05, 3.63) is 21.8 Å². The first kappa shape index (κ1) is 17.6. The summed E-state index contributed by atoms with van der Waals surface area (Å²) >= 11 is 6.82. The second-order valence-electron chi connectivity index (χ2n) is 4.67. The average Bonchev–Trinajstić information content (AvgIpc) is 2.75. The molecule has 0 aliphatic heterocycles. The first-order chi connectivity index (χ1) is 10.9. The summed E-state index contributed by atoms with van der Waals surface area (Å²) < 4.78 is 7.43. The van der Waals surface area contributed by atoms with Crippen LogP contribution in [0.3, 0.4) is 0 Å². The SMILES string of the molecule is CCOC(=O)C(C)n1c(O)c(N=NC(N)=S)c2cc(I)ccc21. The molecule has 0 saturated heterocycles. The number of nitrogens with two attached hydrogens (primary N) is 1. The first-order valence-corrected chi connectivity index (χ1v) is 8.25. The van der Waals surface area contributed by atoms with Crippen molar-refractivity contribution in [1.82, 2.24) is 4.57 Å². The van der Waals surface area contributed by atoms with E-state index in [1.54, 1.807) is 19.9 Å². The summed E-state index contributed by atoms with van der Waals surface area (Å²) in [5.41, 5.74) is 6.18. The Hall–Kier alpha value is -1.75. The van der Waals surface area contributed by atoms with Crippen LogP contribution in [0.15, 0.2) is 28.4 Å². The monoisotopic (exact) mass is 446 g/mol. The molecule has 0 saturated carbocycles. The smallest absolute Gasteiger partial charge is 0.328 e. The van der Waals surface area contributed by atoms with Gasteiger partial charge in [0, 0.05) is 8.96 Å². The van der Waals surface area contributed by atoms with Crippen molar-refractivity contribution < 1.29 is 14.6 Å². The number of hydrogen-bond donors (Lipinski definition) is 2. The number of rotatable bonds is 4. The third-order valence-corrected chi connectivity index (χ3v) is 3.93. The fourth-order valence-corrected chi connectivity index (χ4v) is 2.75. The molecular weight excluding hydrogens is 431 g/mol. The van der Waals surface area contributed by atoms with E-state index in [4.69, 9.17) is 10.5 Å². The topological polar surface area (TPSA) is 102 Å². The number of aromatic nitrogens is 1. The Kier molecular flexibility index (Phi) is 5.52. The van der Waals surface area contributed by atoms with E-state index in [1.807, 2.05) is 12.1 Å². The lowest BCUT2D eigenvalue weighted by atomic mass is 10.2. The van der Waals surface area contributed by atoms with Crippen molar-refractivity contribution in [2.24, 2.45) is 16.0 Å². The van der Waals surface area contributed by atoms with Gasteiger partial charge < -0.3 is 15.6 Å². The summed E-state index contributed by atoms with van der Waals surface area (Å²) in [6.07, 6.45) is 0. The highest BCUT2D eigenvalue weighted by atomic mass is 127. The molecule has 2 rings (SSSR count). The number of benzene rings is 1. The molecule has 0 amide bonds. The van der Waals surface area contributed by atoms with E-state index in [-0.39, 0.29) is 23.3 Å². The number of fused-ring (bicyclic) bond motifs is 1. The van der Waals surface area contributed by atoms with Gasteiger partial charge in [-0.05, 0) is 66.9 Å². The van der Waals surface area contributed by atoms with Gasteiger partial charge in [-0.15, -0.1) is 10.2 Å². The Morgan fingerprint density at radius 2 is 2.26 bits per heavy atom. The van der Waals surface area contributed by atoms with Crippen LogP contribution in [0.2, 0.25) is 0 Å². The molecular formula is C14H15IN4O3S. The molecule has 0 radical (unpaired) electrons. The Morgan fingerprint density at radius 1 is 1.57 bits per heavy atom. The van der Waals surface area contributed by atoms with E-state index in [9.17, 15) is 9.90 Å². The summed E-state index contributed by atoms with van der Waals surface area (Å²) in [7, 11) is 0. The van der Waals surface area contributed by atoms with Gasteiger partial charge in [0.15, 0.2) is 5.69 Å². The predicted molar refractivity (Wildman–Crippen MR) is 99.0 cm³/mol. The van der Waals surface area contributed by atoms with Crippen molar-refractivity contribution in [2.75, 3.05) is 6.61 Å². The molecule has 122 valence electrons. The van der Waals surface area contributed by atoms with Crippen LogP contribution in [0.25, 0.3) is 10.9 Å². The van der Waals surface area contributed by atoms with E-state index in [1.165, 1.54) is 4.57 Å². The highest BCUT2D eigenvalue weighted by molar-refractivity contribution is 14.1. The number of carbonyl (C=O) groups excluding carboxylic acids is 1. The lowest BCUT2D eigenvalue weighted by Crippen LogP contribution is -2.18. The largest absolute Gasteiger partial charge is 0.493 e. The number of esters is 1. The molecule has 23 heavy (non-hydrogen) atoms. The number of aromatic hydroxyl groups is 1. The van der Waals surface area contributed by atoms with Crippen LogP contribution in [0.5, 0.6) is 5.88 Å².